The van der Waals surface area contributed by atoms with Gasteiger partial charge >= 0.3 is 17.8 Å². The molecular formula is C13H10N2O6S. The lowest BCUT2D eigenvalue weighted by Gasteiger charge is -2.12. The molecule has 0 bridgehead atoms. The first kappa shape index (κ1) is 15.4. The monoisotopic (exact) mass is 322 g/mol. The Labute approximate surface area is 127 Å². The number of hydrogen-bond donors (Lipinski definition) is 3. The quantitative estimate of drug-likeness (QED) is 0.705. The Morgan fingerprint density at radius 1 is 1.14 bits per heavy atom. The summed E-state index contributed by atoms with van der Waals surface area (Å²) in [5, 5.41) is 14.6. The molecule has 0 aliphatic carbocycles. The average Bonchev–Trinajstić information content (AvgIpc) is 3.16. The molecule has 0 fully saturated rings. The number of thiophene rings is 1. The lowest BCUT2D eigenvalue weighted by molar-refractivity contribution is -0.144. The Kier molecular flexibility index (Phi) is 4.69. The van der Waals surface area contributed by atoms with Crippen LogP contribution in [-0.4, -0.2) is 28.8 Å². The van der Waals surface area contributed by atoms with Crippen LogP contribution in [0, 0.1) is 0 Å². The van der Waals surface area contributed by atoms with Crippen LogP contribution in [0.2, 0.25) is 0 Å². The van der Waals surface area contributed by atoms with Gasteiger partial charge in [0, 0.05) is 4.88 Å². The summed E-state index contributed by atoms with van der Waals surface area (Å²) in [7, 11) is 0. The smallest absolute Gasteiger partial charge is 0.331 e. The average molecular weight is 322 g/mol. The molecule has 1 atom stereocenters. The van der Waals surface area contributed by atoms with Crippen molar-refractivity contribution in [2.45, 2.75) is 6.04 Å². The van der Waals surface area contributed by atoms with E-state index in [2.05, 4.69) is 0 Å². The molecule has 0 saturated heterocycles. The maximum absolute atomic E-state index is 11.7. The van der Waals surface area contributed by atoms with Crippen LogP contribution in [0.15, 0.2) is 40.3 Å². The largest absolute Gasteiger partial charge is 0.479 e. The van der Waals surface area contributed by atoms with Gasteiger partial charge in [0.2, 0.25) is 0 Å². The summed E-state index contributed by atoms with van der Waals surface area (Å²) in [6.07, 6.45) is 1.23. The van der Waals surface area contributed by atoms with Crippen molar-refractivity contribution >= 4 is 35.0 Å². The van der Waals surface area contributed by atoms with Crippen LogP contribution in [0.5, 0.6) is 0 Å². The second-order valence-corrected chi connectivity index (χ2v) is 5.00. The van der Waals surface area contributed by atoms with Crippen molar-refractivity contribution in [1.29, 1.82) is 0 Å². The van der Waals surface area contributed by atoms with Crippen LogP contribution in [0.4, 0.5) is 0 Å². The Morgan fingerprint density at radius 3 is 2.45 bits per heavy atom. The third kappa shape index (κ3) is 3.58. The van der Waals surface area contributed by atoms with Crippen molar-refractivity contribution in [3.05, 3.63) is 46.5 Å². The lowest BCUT2D eigenvalue weighted by Crippen LogP contribution is -2.45. The van der Waals surface area contributed by atoms with Gasteiger partial charge < -0.3 is 14.8 Å². The van der Waals surface area contributed by atoms with E-state index in [0.29, 0.717) is 4.88 Å². The fourth-order valence-electron chi connectivity index (χ4n) is 1.54. The van der Waals surface area contributed by atoms with E-state index in [4.69, 9.17) is 9.52 Å². The van der Waals surface area contributed by atoms with Gasteiger partial charge in [-0.3, -0.25) is 19.7 Å². The van der Waals surface area contributed by atoms with E-state index >= 15 is 0 Å². The molecule has 0 aliphatic rings. The van der Waals surface area contributed by atoms with Gasteiger partial charge in [-0.05, 0) is 23.6 Å². The van der Waals surface area contributed by atoms with Gasteiger partial charge in [-0.2, -0.15) is 0 Å². The highest BCUT2D eigenvalue weighted by molar-refractivity contribution is 7.10. The number of carbonyl (C=O) groups excluding carboxylic acids is 3. The molecular weight excluding hydrogens is 312 g/mol. The molecule has 2 rings (SSSR count). The summed E-state index contributed by atoms with van der Waals surface area (Å²) in [6, 6.07) is 4.51. The van der Waals surface area contributed by atoms with Crippen molar-refractivity contribution in [3.8, 4) is 0 Å². The first-order valence-corrected chi connectivity index (χ1v) is 6.83. The molecule has 3 amide bonds. The molecule has 2 heterocycles. The zero-order valence-electron chi connectivity index (χ0n) is 10.9. The Morgan fingerprint density at radius 2 is 1.91 bits per heavy atom. The number of furan rings is 1. The van der Waals surface area contributed by atoms with E-state index in [1.807, 2.05) is 5.32 Å². The number of carboxylic acid groups (broad SMARTS) is 1. The second kappa shape index (κ2) is 6.68. The number of aliphatic carboxylic acids is 1. The van der Waals surface area contributed by atoms with Crippen molar-refractivity contribution in [3.63, 3.8) is 0 Å². The zero-order valence-corrected chi connectivity index (χ0v) is 11.8. The van der Waals surface area contributed by atoms with Gasteiger partial charge in [0.05, 0.1) is 6.26 Å². The summed E-state index contributed by atoms with van der Waals surface area (Å²) in [4.78, 5) is 46.3. The molecule has 0 spiro atoms. The van der Waals surface area contributed by atoms with Crippen molar-refractivity contribution in [1.82, 2.24) is 10.6 Å². The lowest BCUT2D eigenvalue weighted by atomic mass is 10.2. The summed E-state index contributed by atoms with van der Waals surface area (Å²) in [5.41, 5.74) is 0. The number of carboxylic acids is 1. The van der Waals surface area contributed by atoms with Crippen LogP contribution < -0.4 is 10.6 Å². The highest BCUT2D eigenvalue weighted by atomic mass is 32.1. The Hall–Kier alpha value is -2.94. The molecule has 0 aromatic carbocycles. The molecule has 9 heteroatoms. The number of rotatable bonds is 4. The van der Waals surface area contributed by atoms with E-state index in [1.54, 1.807) is 16.8 Å². The topological polar surface area (TPSA) is 126 Å². The van der Waals surface area contributed by atoms with Crippen LogP contribution in [-0.2, 0) is 14.4 Å². The van der Waals surface area contributed by atoms with Gasteiger partial charge in [-0.15, -0.1) is 11.3 Å². The van der Waals surface area contributed by atoms with Crippen molar-refractivity contribution in [2.75, 3.05) is 0 Å². The number of amides is 3. The third-order valence-electron chi connectivity index (χ3n) is 2.53. The van der Waals surface area contributed by atoms with E-state index < -0.39 is 29.7 Å². The van der Waals surface area contributed by atoms with Gasteiger partial charge in [0.1, 0.15) is 0 Å². The van der Waals surface area contributed by atoms with Crippen molar-refractivity contribution in [2.24, 2.45) is 0 Å². The minimum Gasteiger partial charge on any atom is -0.479 e. The van der Waals surface area contributed by atoms with Crippen LogP contribution in [0.25, 0.3) is 0 Å². The normalized spacial score (nSPS) is 11.5. The number of nitrogens with one attached hydrogen (secondary N) is 2. The van der Waals surface area contributed by atoms with Crippen molar-refractivity contribution < 1.29 is 28.7 Å². The van der Waals surface area contributed by atoms with E-state index in [0.717, 1.165) is 11.3 Å². The predicted molar refractivity (Wildman–Crippen MR) is 74.0 cm³/mol. The molecule has 114 valence electrons. The molecule has 2 aromatic heterocycles. The van der Waals surface area contributed by atoms with Crippen LogP contribution in [0.1, 0.15) is 21.5 Å². The second-order valence-electron chi connectivity index (χ2n) is 4.02. The fraction of sp³-hybridized carbons (Fsp3) is 0.0769. The summed E-state index contributed by atoms with van der Waals surface area (Å²) in [6.45, 7) is 0. The van der Waals surface area contributed by atoms with Gasteiger partial charge in [0.15, 0.2) is 11.8 Å². The van der Waals surface area contributed by atoms with Gasteiger partial charge in [-0.1, -0.05) is 6.07 Å². The molecule has 1 unspecified atom stereocenters. The summed E-state index contributed by atoms with van der Waals surface area (Å²) in [5.74, 6) is -4.87. The molecule has 0 saturated carbocycles. The highest BCUT2D eigenvalue weighted by Crippen LogP contribution is 2.18. The summed E-state index contributed by atoms with van der Waals surface area (Å²) >= 11 is 1.12. The zero-order chi connectivity index (χ0) is 16.1. The SMILES string of the molecule is O=C(NC(=O)c1ccco1)C(=O)NC(C(=O)O)c1cccs1. The van der Waals surface area contributed by atoms with Gasteiger partial charge in [0.25, 0.3) is 5.91 Å². The van der Waals surface area contributed by atoms with E-state index in [1.165, 1.54) is 24.5 Å². The number of imide groups is 1. The van der Waals surface area contributed by atoms with E-state index in [-0.39, 0.29) is 5.76 Å². The molecule has 0 aliphatic heterocycles. The minimum atomic E-state index is -1.36. The number of hydrogen-bond acceptors (Lipinski definition) is 6. The first-order valence-electron chi connectivity index (χ1n) is 5.95. The number of carbonyl (C=O) groups is 4. The standard InChI is InChI=1S/C13H10N2O6S/c16-10(7-3-1-5-21-7)15-12(18)11(17)14-9(13(19)20)8-4-2-6-22-8/h1-6,9H,(H,14,17)(H,19,20)(H,15,16,18). The Balaban J connectivity index is 2.00. The van der Waals surface area contributed by atoms with Gasteiger partial charge in [-0.25, -0.2) is 4.79 Å². The van der Waals surface area contributed by atoms with Crippen LogP contribution >= 0.6 is 11.3 Å². The van der Waals surface area contributed by atoms with E-state index in [9.17, 15) is 19.2 Å². The third-order valence-corrected chi connectivity index (χ3v) is 3.47. The summed E-state index contributed by atoms with van der Waals surface area (Å²) < 4.78 is 4.77. The molecule has 3 N–H and O–H groups in total. The molecule has 22 heavy (non-hydrogen) atoms. The molecule has 2 aromatic rings. The Bertz CT molecular complexity index is 692. The first-order chi connectivity index (χ1) is 10.5. The fourth-order valence-corrected chi connectivity index (χ4v) is 2.30. The maximum Gasteiger partial charge on any atom is 0.331 e. The minimum absolute atomic E-state index is 0.144. The highest BCUT2D eigenvalue weighted by Gasteiger charge is 2.27. The molecule has 8 nitrogen and oxygen atoms in total. The predicted octanol–water partition coefficient (Wildman–Crippen LogP) is 0.540. The van der Waals surface area contributed by atoms with Crippen LogP contribution in [0.3, 0.4) is 0 Å². The molecule has 0 radical (unpaired) electrons. The maximum atomic E-state index is 11.7.